The van der Waals surface area contributed by atoms with Gasteiger partial charge in [-0.2, -0.15) is 5.06 Å². The molecule has 0 saturated carbocycles. The lowest BCUT2D eigenvalue weighted by molar-refractivity contribution is -0.196. The molecular weight excluding hydrogens is 618 g/mol. The number of aryl methyl sites for hydroxylation is 1. The number of aromatic nitrogens is 1. The number of hydrogen-bond donors (Lipinski definition) is 2. The number of fused-ring (bicyclic) bond motifs is 1. The second-order valence-corrected chi connectivity index (χ2v) is 12.8. The number of aliphatic imine (C=N–C) groups is 1. The smallest absolute Gasteiger partial charge is 0.338 e. The van der Waals surface area contributed by atoms with E-state index in [1.54, 1.807) is 26.8 Å². The normalized spacial score (nSPS) is 24.3. The maximum absolute atomic E-state index is 15.6. The van der Waals surface area contributed by atoms with E-state index in [-0.39, 0.29) is 42.4 Å². The van der Waals surface area contributed by atoms with Crippen LogP contribution in [-0.2, 0) is 19.2 Å². The van der Waals surface area contributed by atoms with Gasteiger partial charge in [-0.15, -0.1) is 11.3 Å². The van der Waals surface area contributed by atoms with Gasteiger partial charge in [0.05, 0.1) is 43.3 Å². The molecule has 10 nitrogen and oxygen atoms in total. The molecule has 3 aliphatic heterocycles. The van der Waals surface area contributed by atoms with E-state index in [9.17, 15) is 19.1 Å². The average Bonchev–Trinajstić information content (AvgIpc) is 3.66. The van der Waals surface area contributed by atoms with Gasteiger partial charge in [0.15, 0.2) is 10.8 Å². The van der Waals surface area contributed by atoms with Gasteiger partial charge >= 0.3 is 11.9 Å². The molecule has 0 bridgehead atoms. The number of hydroxylamine groups is 2. The number of carbonyl (C=O) groups is 2. The molecule has 45 heavy (non-hydrogen) atoms. The predicted molar refractivity (Wildman–Crippen MR) is 157 cm³/mol. The van der Waals surface area contributed by atoms with Crippen molar-refractivity contribution in [3.05, 3.63) is 62.5 Å². The molecule has 244 valence electrons. The van der Waals surface area contributed by atoms with Crippen LogP contribution >= 0.6 is 11.3 Å². The lowest BCUT2D eigenvalue weighted by Gasteiger charge is -2.31. The number of thiazole rings is 1. The molecule has 0 spiro atoms. The Hall–Kier alpha value is -3.40. The van der Waals surface area contributed by atoms with Crippen LogP contribution in [0.4, 0.5) is 17.6 Å². The summed E-state index contributed by atoms with van der Waals surface area (Å²) in [5, 5.41) is 15.7. The molecule has 2 aromatic rings. The first kappa shape index (κ1) is 33.0. The zero-order valence-corrected chi connectivity index (χ0v) is 26.3. The number of carboxylic acids is 1. The molecule has 2 fully saturated rings. The Bertz CT molecular complexity index is 1550. The fraction of sp³-hybridized carbons (Fsp3) is 0.533. The number of nitrogens with zero attached hydrogens (tertiary/aromatic N) is 4. The molecule has 4 heterocycles. The predicted octanol–water partition coefficient (Wildman–Crippen LogP) is 4.19. The highest BCUT2D eigenvalue weighted by Crippen LogP contribution is 2.42. The van der Waals surface area contributed by atoms with Crippen molar-refractivity contribution >= 4 is 29.1 Å². The van der Waals surface area contributed by atoms with Crippen LogP contribution in [0.2, 0.25) is 0 Å². The summed E-state index contributed by atoms with van der Waals surface area (Å²) < 4.78 is 66.4. The fourth-order valence-electron chi connectivity index (χ4n) is 5.76. The van der Waals surface area contributed by atoms with Gasteiger partial charge in [0, 0.05) is 23.3 Å². The quantitative estimate of drug-likeness (QED) is 0.288. The highest BCUT2D eigenvalue weighted by atomic mass is 32.1. The second kappa shape index (κ2) is 12.4. The monoisotopic (exact) mass is 653 g/mol. The molecule has 2 N–H and O–H groups in total. The number of halogens is 4. The van der Waals surface area contributed by atoms with Crippen LogP contribution in [0.1, 0.15) is 48.6 Å². The van der Waals surface area contributed by atoms with E-state index < -0.39 is 66.5 Å². The highest BCUT2D eigenvalue weighted by Gasteiger charge is 2.61. The van der Waals surface area contributed by atoms with Gasteiger partial charge in [0.25, 0.3) is 5.92 Å². The Morgan fingerprint density at radius 2 is 2.04 bits per heavy atom. The van der Waals surface area contributed by atoms with Crippen LogP contribution in [0.15, 0.2) is 39.8 Å². The van der Waals surface area contributed by atoms with E-state index in [1.165, 1.54) is 42.2 Å². The minimum absolute atomic E-state index is 0.0269. The molecular formula is C30H35F4N5O5S. The van der Waals surface area contributed by atoms with E-state index in [4.69, 9.17) is 14.6 Å². The lowest BCUT2D eigenvalue weighted by Crippen LogP contribution is -2.50. The van der Waals surface area contributed by atoms with Crippen LogP contribution < -0.4 is 5.32 Å². The lowest BCUT2D eigenvalue weighted by atomic mass is 9.87. The number of esters is 1. The maximum atomic E-state index is 15.6. The number of rotatable bonds is 10. The number of aliphatic carboxylic acids is 1. The van der Waals surface area contributed by atoms with Crippen LogP contribution in [0.25, 0.3) is 0 Å². The first-order chi connectivity index (χ1) is 21.1. The third-order valence-corrected chi connectivity index (χ3v) is 9.45. The first-order valence-electron chi connectivity index (χ1n) is 14.5. The summed E-state index contributed by atoms with van der Waals surface area (Å²) in [5.74, 6) is -5.72. The van der Waals surface area contributed by atoms with E-state index in [0.29, 0.717) is 10.6 Å². The van der Waals surface area contributed by atoms with E-state index in [1.807, 2.05) is 5.38 Å². The highest BCUT2D eigenvalue weighted by molar-refractivity contribution is 7.11. The largest absolute Gasteiger partial charge is 0.481 e. The summed E-state index contributed by atoms with van der Waals surface area (Å²) in [6, 6.07) is 0.930. The van der Waals surface area contributed by atoms with E-state index in [0.717, 1.165) is 10.8 Å². The molecule has 15 heteroatoms. The number of benzene rings is 1. The minimum atomic E-state index is -3.37. The molecule has 0 aliphatic carbocycles. The molecule has 4 atom stereocenters. The van der Waals surface area contributed by atoms with Crippen molar-refractivity contribution in [1.82, 2.24) is 20.3 Å². The number of carboxylic acid groups (broad SMARTS) is 1. The summed E-state index contributed by atoms with van der Waals surface area (Å²) in [4.78, 5) is 41.3. The Morgan fingerprint density at radius 1 is 1.31 bits per heavy atom. The van der Waals surface area contributed by atoms with Gasteiger partial charge in [-0.3, -0.25) is 19.5 Å². The van der Waals surface area contributed by atoms with Gasteiger partial charge in [0.1, 0.15) is 24.1 Å². The Kier molecular flexibility index (Phi) is 9.10. The van der Waals surface area contributed by atoms with Gasteiger partial charge in [-0.25, -0.2) is 27.3 Å². The Labute approximate surface area is 261 Å². The van der Waals surface area contributed by atoms with Crippen LogP contribution in [-0.4, -0.2) is 94.9 Å². The van der Waals surface area contributed by atoms with Crippen molar-refractivity contribution in [3.8, 4) is 0 Å². The number of ether oxygens (including phenoxy) is 1. The molecule has 0 unspecified atom stereocenters. The van der Waals surface area contributed by atoms with Crippen molar-refractivity contribution in [2.75, 3.05) is 32.8 Å². The topological polar surface area (TPSA) is 117 Å². The standard InChI is InChI=1S/C30H35F4N5O5S/c1-6-43-27(40)22-19(36-25(26-35-15(2)13-45-26)37-23(22)17-8-7-9-18(31)16(17)3)10-38-14-30(33,34)24-20(38)12-44-39(24)11-21(32)29(4,5)28(41)42/h7-9,13,20-21,23-24H,6,10-12,14H2,1-5H3,(H,36,37)(H,41,42)/t20-,21+,23-,24+/m0/s1. The maximum Gasteiger partial charge on any atom is 0.338 e. The fourth-order valence-corrected chi connectivity index (χ4v) is 6.51. The number of hydrogen-bond acceptors (Lipinski definition) is 10. The molecule has 3 aliphatic rings. The molecule has 1 aromatic carbocycles. The van der Waals surface area contributed by atoms with Crippen molar-refractivity contribution in [2.24, 2.45) is 10.4 Å². The summed E-state index contributed by atoms with van der Waals surface area (Å²) in [6.07, 6.45) is -1.99. The number of carbonyl (C=O) groups excluding carboxylic acids is 1. The van der Waals surface area contributed by atoms with Crippen molar-refractivity contribution in [3.63, 3.8) is 0 Å². The van der Waals surface area contributed by atoms with Gasteiger partial charge in [-0.05, 0) is 51.8 Å². The average molecular weight is 654 g/mol. The summed E-state index contributed by atoms with van der Waals surface area (Å²) in [5.41, 5.74) is -0.168. The zero-order valence-electron chi connectivity index (χ0n) is 25.4. The van der Waals surface area contributed by atoms with Crippen molar-refractivity contribution in [1.29, 1.82) is 0 Å². The Morgan fingerprint density at radius 3 is 2.69 bits per heavy atom. The third kappa shape index (κ3) is 6.22. The number of amidine groups is 1. The van der Waals surface area contributed by atoms with Crippen LogP contribution in [0.3, 0.4) is 0 Å². The second-order valence-electron chi connectivity index (χ2n) is 11.9. The number of likely N-dealkylation sites (tertiary alicyclic amines) is 1. The number of alkyl halides is 3. The van der Waals surface area contributed by atoms with Crippen molar-refractivity contribution in [2.45, 2.75) is 64.8 Å². The zero-order chi connectivity index (χ0) is 32.8. The summed E-state index contributed by atoms with van der Waals surface area (Å²) in [6.45, 7) is 5.58. The molecule has 0 radical (unpaired) electrons. The molecule has 1 aromatic heterocycles. The van der Waals surface area contributed by atoms with Crippen LogP contribution in [0, 0.1) is 25.1 Å². The minimum Gasteiger partial charge on any atom is -0.481 e. The van der Waals surface area contributed by atoms with E-state index in [2.05, 4.69) is 10.3 Å². The molecule has 5 rings (SSSR count). The Balaban J connectivity index is 1.53. The van der Waals surface area contributed by atoms with Crippen molar-refractivity contribution < 1.29 is 41.8 Å². The molecule has 0 amide bonds. The first-order valence-corrected chi connectivity index (χ1v) is 15.3. The van der Waals surface area contributed by atoms with Crippen LogP contribution in [0.5, 0.6) is 0 Å². The summed E-state index contributed by atoms with van der Waals surface area (Å²) in [7, 11) is 0. The van der Waals surface area contributed by atoms with E-state index >= 15 is 13.2 Å². The summed E-state index contributed by atoms with van der Waals surface area (Å²) >= 11 is 1.30. The van der Waals surface area contributed by atoms with Gasteiger partial charge in [0.2, 0.25) is 0 Å². The molecule has 2 saturated heterocycles. The van der Waals surface area contributed by atoms with Gasteiger partial charge in [-0.1, -0.05) is 12.1 Å². The third-order valence-electron chi connectivity index (χ3n) is 8.48. The van der Waals surface area contributed by atoms with Gasteiger partial charge < -0.3 is 15.2 Å². The SMILES string of the molecule is CCOC(=O)C1=C(CN2CC(F)(F)[C@H]3[C@@H]2CON3C[C@@H](F)C(C)(C)C(=O)O)NC(c2nc(C)cs2)=N[C@H]1c1cccc(F)c1C. The number of nitrogens with one attached hydrogen (secondary N) is 1.